The summed E-state index contributed by atoms with van der Waals surface area (Å²) < 4.78 is 6.32. The molecule has 0 saturated heterocycles. The van der Waals surface area contributed by atoms with Crippen molar-refractivity contribution in [3.63, 3.8) is 0 Å². The fraction of sp³-hybridized carbons (Fsp3) is 0.542. The standard InChI is InChI=1S/C24H32O3/c1-5-6-7-8-18(25)11-10-17-14-21(26)23-19-13-16(2)9-12-20(19)24(3,4)27-22(23)15-17/h9-11,14-15,19-20,26H,5-8,12-13H2,1-4H3/b11-10+. The number of carbonyl (C=O) groups excluding carboxylic acids is 1. The number of hydrogen-bond acceptors (Lipinski definition) is 3. The number of aromatic hydroxyl groups is 1. The molecule has 2 unspecified atom stereocenters. The molecule has 27 heavy (non-hydrogen) atoms. The number of fused-ring (bicyclic) bond motifs is 3. The van der Waals surface area contributed by atoms with Gasteiger partial charge >= 0.3 is 0 Å². The number of ketones is 1. The Balaban J connectivity index is 1.86. The minimum absolute atomic E-state index is 0.134. The van der Waals surface area contributed by atoms with E-state index >= 15 is 0 Å². The van der Waals surface area contributed by atoms with Gasteiger partial charge in [0, 0.05) is 23.8 Å². The number of unbranched alkanes of at least 4 members (excludes halogenated alkanes) is 2. The molecule has 0 spiro atoms. The lowest BCUT2D eigenvalue weighted by Crippen LogP contribution is -2.45. The number of phenols is 1. The van der Waals surface area contributed by atoms with Crippen molar-refractivity contribution in [2.75, 3.05) is 0 Å². The molecule has 2 atom stereocenters. The Labute approximate surface area is 163 Å². The van der Waals surface area contributed by atoms with E-state index in [0.717, 1.165) is 49.0 Å². The molecule has 2 aliphatic rings. The Morgan fingerprint density at radius 1 is 1.33 bits per heavy atom. The van der Waals surface area contributed by atoms with Gasteiger partial charge in [-0.05, 0) is 63.8 Å². The van der Waals surface area contributed by atoms with E-state index in [2.05, 4.69) is 33.8 Å². The van der Waals surface area contributed by atoms with Gasteiger partial charge in [0.1, 0.15) is 17.1 Å². The van der Waals surface area contributed by atoms with Gasteiger partial charge in [-0.3, -0.25) is 4.79 Å². The van der Waals surface area contributed by atoms with Crippen molar-refractivity contribution in [3.8, 4) is 11.5 Å². The van der Waals surface area contributed by atoms with Gasteiger partial charge in [-0.2, -0.15) is 0 Å². The predicted octanol–water partition coefficient (Wildman–Crippen LogP) is 6.17. The number of hydrogen-bond donors (Lipinski definition) is 1. The highest BCUT2D eigenvalue weighted by molar-refractivity contribution is 5.93. The second-order valence-electron chi connectivity index (χ2n) is 8.62. The van der Waals surface area contributed by atoms with Crippen LogP contribution in [-0.4, -0.2) is 16.5 Å². The molecule has 1 N–H and O–H groups in total. The molecule has 0 amide bonds. The zero-order valence-corrected chi connectivity index (χ0v) is 17.0. The Morgan fingerprint density at radius 2 is 2.11 bits per heavy atom. The molecule has 0 aromatic heterocycles. The van der Waals surface area contributed by atoms with E-state index in [1.54, 1.807) is 18.2 Å². The summed E-state index contributed by atoms with van der Waals surface area (Å²) in [6.45, 7) is 8.57. The maximum Gasteiger partial charge on any atom is 0.155 e. The highest BCUT2D eigenvalue weighted by atomic mass is 16.5. The zero-order chi connectivity index (χ0) is 19.6. The highest BCUT2D eigenvalue weighted by Crippen LogP contribution is 2.54. The van der Waals surface area contributed by atoms with E-state index < -0.39 is 0 Å². The summed E-state index contributed by atoms with van der Waals surface area (Å²) in [7, 11) is 0. The lowest BCUT2D eigenvalue weighted by molar-refractivity contribution is -0.114. The molecule has 0 radical (unpaired) electrons. The van der Waals surface area contributed by atoms with Gasteiger partial charge in [0.15, 0.2) is 5.78 Å². The predicted molar refractivity (Wildman–Crippen MR) is 110 cm³/mol. The summed E-state index contributed by atoms with van der Waals surface area (Å²) in [6.07, 6.45) is 11.4. The number of ether oxygens (including phenoxy) is 1. The smallest absolute Gasteiger partial charge is 0.155 e. The van der Waals surface area contributed by atoms with E-state index in [1.807, 2.05) is 6.07 Å². The Kier molecular flexibility index (Phi) is 5.78. The Hall–Kier alpha value is -2.03. The van der Waals surface area contributed by atoms with Crippen molar-refractivity contribution < 1.29 is 14.6 Å². The number of benzene rings is 1. The normalized spacial score (nSPS) is 23.3. The molecule has 1 aromatic rings. The van der Waals surface area contributed by atoms with Gasteiger partial charge in [-0.25, -0.2) is 0 Å². The minimum atomic E-state index is -0.278. The fourth-order valence-electron chi connectivity index (χ4n) is 4.50. The lowest BCUT2D eigenvalue weighted by atomic mass is 9.67. The van der Waals surface area contributed by atoms with Crippen LogP contribution >= 0.6 is 0 Å². The van der Waals surface area contributed by atoms with Crippen molar-refractivity contribution in [2.45, 2.75) is 77.7 Å². The quantitative estimate of drug-likeness (QED) is 0.371. The maximum absolute atomic E-state index is 12.0. The second-order valence-corrected chi connectivity index (χ2v) is 8.62. The molecule has 1 aliphatic carbocycles. The van der Waals surface area contributed by atoms with Gasteiger partial charge < -0.3 is 9.84 Å². The van der Waals surface area contributed by atoms with Crippen molar-refractivity contribution in [1.82, 2.24) is 0 Å². The molecular formula is C24H32O3. The van der Waals surface area contributed by atoms with Crippen LogP contribution in [0.5, 0.6) is 11.5 Å². The largest absolute Gasteiger partial charge is 0.507 e. The Morgan fingerprint density at radius 3 is 2.85 bits per heavy atom. The molecule has 0 fully saturated rings. The van der Waals surface area contributed by atoms with Crippen LogP contribution in [0.15, 0.2) is 29.9 Å². The second kappa shape index (κ2) is 7.92. The summed E-state index contributed by atoms with van der Waals surface area (Å²) in [5, 5.41) is 10.8. The highest BCUT2D eigenvalue weighted by Gasteiger charge is 2.45. The van der Waals surface area contributed by atoms with Crippen LogP contribution in [0.4, 0.5) is 0 Å². The molecule has 1 aromatic carbocycles. The minimum Gasteiger partial charge on any atom is -0.507 e. The molecule has 3 rings (SSSR count). The number of allylic oxidation sites excluding steroid dienone is 3. The average molecular weight is 369 g/mol. The molecule has 0 saturated carbocycles. The van der Waals surface area contributed by atoms with Crippen molar-refractivity contribution in [3.05, 3.63) is 41.0 Å². The molecule has 1 aliphatic heterocycles. The van der Waals surface area contributed by atoms with Crippen LogP contribution in [0.3, 0.4) is 0 Å². The van der Waals surface area contributed by atoms with E-state index in [9.17, 15) is 9.90 Å². The monoisotopic (exact) mass is 368 g/mol. The molecule has 0 bridgehead atoms. The third-order valence-corrected chi connectivity index (χ3v) is 6.02. The topological polar surface area (TPSA) is 46.5 Å². The summed E-state index contributed by atoms with van der Waals surface area (Å²) in [4.78, 5) is 12.0. The van der Waals surface area contributed by atoms with Crippen LogP contribution in [0.2, 0.25) is 0 Å². The summed E-state index contributed by atoms with van der Waals surface area (Å²) >= 11 is 0. The third kappa shape index (κ3) is 4.28. The first-order chi connectivity index (χ1) is 12.8. The van der Waals surface area contributed by atoms with Crippen LogP contribution in [0.25, 0.3) is 6.08 Å². The zero-order valence-electron chi connectivity index (χ0n) is 17.0. The molecule has 3 nitrogen and oxygen atoms in total. The molecule has 1 heterocycles. The molecule has 3 heteroatoms. The van der Waals surface area contributed by atoms with Crippen LogP contribution < -0.4 is 4.74 Å². The fourth-order valence-corrected chi connectivity index (χ4v) is 4.50. The Bertz CT molecular complexity index is 770. The van der Waals surface area contributed by atoms with E-state index in [1.165, 1.54) is 5.57 Å². The van der Waals surface area contributed by atoms with Gasteiger partial charge in [-0.1, -0.05) is 37.5 Å². The van der Waals surface area contributed by atoms with E-state index in [-0.39, 0.29) is 23.1 Å². The van der Waals surface area contributed by atoms with E-state index in [0.29, 0.717) is 12.3 Å². The lowest BCUT2D eigenvalue weighted by Gasteiger charge is -2.47. The van der Waals surface area contributed by atoms with Crippen molar-refractivity contribution in [2.24, 2.45) is 5.92 Å². The molecule has 146 valence electrons. The maximum atomic E-state index is 12.0. The van der Waals surface area contributed by atoms with Crippen LogP contribution in [0.1, 0.15) is 83.3 Å². The first-order valence-electron chi connectivity index (χ1n) is 10.2. The van der Waals surface area contributed by atoms with Crippen LogP contribution in [-0.2, 0) is 4.79 Å². The summed E-state index contributed by atoms with van der Waals surface area (Å²) in [6, 6.07) is 3.73. The number of carbonyl (C=O) groups is 1. The SMILES string of the molecule is CCCCCC(=O)/C=C/c1cc(O)c2c(c1)OC(C)(C)C1CC=C(C)CC21. The molecular weight excluding hydrogens is 336 g/mol. The first-order valence-corrected chi connectivity index (χ1v) is 10.2. The third-order valence-electron chi connectivity index (χ3n) is 6.02. The van der Waals surface area contributed by atoms with Crippen molar-refractivity contribution >= 4 is 11.9 Å². The van der Waals surface area contributed by atoms with Crippen LogP contribution in [0, 0.1) is 5.92 Å². The van der Waals surface area contributed by atoms with Gasteiger partial charge in [0.25, 0.3) is 0 Å². The number of phenolic OH excluding ortho intramolecular Hbond substituents is 1. The summed E-state index contributed by atoms with van der Waals surface area (Å²) in [5.41, 5.74) is 2.84. The first kappa shape index (κ1) is 19.7. The average Bonchev–Trinajstić information content (AvgIpc) is 2.59. The van der Waals surface area contributed by atoms with Crippen molar-refractivity contribution in [1.29, 1.82) is 0 Å². The summed E-state index contributed by atoms with van der Waals surface area (Å²) in [5.74, 6) is 1.82. The van der Waals surface area contributed by atoms with Gasteiger partial charge in [0.2, 0.25) is 0 Å². The number of rotatable bonds is 6. The van der Waals surface area contributed by atoms with E-state index in [4.69, 9.17) is 4.74 Å². The van der Waals surface area contributed by atoms with Gasteiger partial charge in [0.05, 0.1) is 0 Å². The van der Waals surface area contributed by atoms with Gasteiger partial charge in [-0.15, -0.1) is 0 Å².